The van der Waals surface area contributed by atoms with E-state index in [2.05, 4.69) is 20.4 Å². The van der Waals surface area contributed by atoms with Crippen molar-refractivity contribution in [3.63, 3.8) is 0 Å². The quantitative estimate of drug-likeness (QED) is 0.512. The van der Waals surface area contributed by atoms with Gasteiger partial charge in [0.2, 0.25) is 5.28 Å². The summed E-state index contributed by atoms with van der Waals surface area (Å²) in [6.07, 6.45) is 1.00. The van der Waals surface area contributed by atoms with Gasteiger partial charge in [0.15, 0.2) is 5.65 Å². The van der Waals surface area contributed by atoms with Crippen molar-refractivity contribution < 1.29 is 5.11 Å². The van der Waals surface area contributed by atoms with Crippen molar-refractivity contribution in [2.75, 3.05) is 5.32 Å². The fraction of sp³-hybridized carbons (Fsp3) is 0.150. The largest absolute Gasteiger partial charge is 0.386 e. The maximum atomic E-state index is 10.6. The van der Waals surface area contributed by atoms with Crippen LogP contribution >= 0.6 is 11.6 Å². The molecule has 136 valence electrons. The number of aliphatic hydroxyl groups excluding tert-OH is 1. The van der Waals surface area contributed by atoms with Gasteiger partial charge in [-0.05, 0) is 36.2 Å². The fourth-order valence-electron chi connectivity index (χ4n) is 2.98. The molecule has 7 heteroatoms. The van der Waals surface area contributed by atoms with E-state index in [0.717, 1.165) is 16.6 Å². The number of aliphatic hydroxyl groups is 1. The van der Waals surface area contributed by atoms with E-state index in [1.54, 1.807) is 10.9 Å². The first-order chi connectivity index (χ1) is 13.1. The van der Waals surface area contributed by atoms with Crippen LogP contribution in [0.3, 0.4) is 0 Å². The minimum atomic E-state index is -0.695. The van der Waals surface area contributed by atoms with Gasteiger partial charge in [-0.2, -0.15) is 15.1 Å². The minimum Gasteiger partial charge on any atom is -0.386 e. The summed E-state index contributed by atoms with van der Waals surface area (Å²) in [5, 5.41) is 19.1. The normalized spacial score (nSPS) is 13.4. The molecule has 2 heterocycles. The molecule has 27 heavy (non-hydrogen) atoms. The molecule has 0 aliphatic heterocycles. The molecule has 0 fully saturated rings. The highest BCUT2D eigenvalue weighted by molar-refractivity contribution is 6.28. The van der Waals surface area contributed by atoms with E-state index in [4.69, 9.17) is 11.6 Å². The maximum absolute atomic E-state index is 10.6. The van der Waals surface area contributed by atoms with E-state index in [9.17, 15) is 5.11 Å². The van der Waals surface area contributed by atoms with Gasteiger partial charge < -0.3 is 10.4 Å². The van der Waals surface area contributed by atoms with E-state index >= 15 is 0 Å². The molecule has 2 aromatic carbocycles. The Hall–Kier alpha value is -2.96. The van der Waals surface area contributed by atoms with E-state index < -0.39 is 6.10 Å². The van der Waals surface area contributed by atoms with Gasteiger partial charge in [0.1, 0.15) is 5.82 Å². The Morgan fingerprint density at radius 2 is 1.67 bits per heavy atom. The number of hydrogen-bond donors (Lipinski definition) is 2. The van der Waals surface area contributed by atoms with E-state index in [1.165, 1.54) is 0 Å². The van der Waals surface area contributed by atoms with Gasteiger partial charge in [-0.15, -0.1) is 0 Å². The molecule has 0 bridgehead atoms. The zero-order valence-corrected chi connectivity index (χ0v) is 15.4. The molecule has 0 unspecified atom stereocenters. The Bertz CT molecular complexity index is 1050. The van der Waals surface area contributed by atoms with Crippen molar-refractivity contribution in [3.8, 4) is 5.69 Å². The average Bonchev–Trinajstić information content (AvgIpc) is 3.12. The monoisotopic (exact) mass is 379 g/mol. The summed E-state index contributed by atoms with van der Waals surface area (Å²) >= 11 is 6.15. The zero-order valence-electron chi connectivity index (χ0n) is 14.6. The second kappa shape index (κ2) is 7.34. The lowest BCUT2D eigenvalue weighted by atomic mass is 10.0. The van der Waals surface area contributed by atoms with Gasteiger partial charge in [-0.25, -0.2) is 4.68 Å². The highest BCUT2D eigenvalue weighted by atomic mass is 35.5. The topological polar surface area (TPSA) is 75.9 Å². The van der Waals surface area contributed by atoms with E-state index in [1.807, 2.05) is 67.6 Å². The van der Waals surface area contributed by atoms with Gasteiger partial charge in [0.25, 0.3) is 0 Å². The van der Waals surface area contributed by atoms with Crippen LogP contribution in [0, 0.1) is 0 Å². The molecule has 0 saturated heterocycles. The molecule has 0 saturated carbocycles. The number of anilines is 1. The Morgan fingerprint density at radius 3 is 2.37 bits per heavy atom. The summed E-state index contributed by atoms with van der Waals surface area (Å²) in [5.41, 5.74) is 2.31. The first kappa shape index (κ1) is 17.5. The predicted octanol–water partition coefficient (Wildman–Crippen LogP) is 4.00. The summed E-state index contributed by atoms with van der Waals surface area (Å²) in [4.78, 5) is 8.64. The van der Waals surface area contributed by atoms with Crippen molar-refractivity contribution >= 4 is 28.5 Å². The molecular formula is C20H18ClN5O. The van der Waals surface area contributed by atoms with Crippen LogP contribution in [0.4, 0.5) is 5.82 Å². The molecule has 0 spiro atoms. The van der Waals surface area contributed by atoms with Crippen LogP contribution < -0.4 is 5.32 Å². The Morgan fingerprint density at radius 1 is 1.00 bits per heavy atom. The third kappa shape index (κ3) is 3.49. The van der Waals surface area contributed by atoms with Crippen molar-refractivity contribution in [1.82, 2.24) is 19.7 Å². The van der Waals surface area contributed by atoms with E-state index in [-0.39, 0.29) is 11.3 Å². The van der Waals surface area contributed by atoms with Gasteiger partial charge in [-0.3, -0.25) is 0 Å². The molecule has 2 N–H and O–H groups in total. The average molecular weight is 380 g/mol. The highest BCUT2D eigenvalue weighted by Gasteiger charge is 2.20. The van der Waals surface area contributed by atoms with Gasteiger partial charge in [-0.1, -0.05) is 48.5 Å². The van der Waals surface area contributed by atoms with Crippen LogP contribution in [0.2, 0.25) is 5.28 Å². The number of benzene rings is 2. The second-order valence-electron chi connectivity index (χ2n) is 6.26. The summed E-state index contributed by atoms with van der Waals surface area (Å²) < 4.78 is 1.71. The van der Waals surface area contributed by atoms with Crippen LogP contribution in [0.15, 0.2) is 66.9 Å². The van der Waals surface area contributed by atoms with Crippen molar-refractivity contribution in [1.29, 1.82) is 0 Å². The van der Waals surface area contributed by atoms with Gasteiger partial charge >= 0.3 is 0 Å². The first-order valence-electron chi connectivity index (χ1n) is 8.60. The Labute approximate surface area is 161 Å². The predicted molar refractivity (Wildman–Crippen MR) is 106 cm³/mol. The van der Waals surface area contributed by atoms with Crippen LogP contribution in [-0.4, -0.2) is 30.9 Å². The standard InChI is InChI=1S/C20H18ClN5O/c1-13(17(27)14-8-4-2-5-9-14)23-18-16-12-22-26(15-10-6-3-7-11-15)19(16)25-20(21)24-18/h2-13,17,27H,1H3,(H,23,24,25)/t13-,17-/m1/s1. The lowest BCUT2D eigenvalue weighted by Gasteiger charge is -2.21. The number of halogens is 1. The molecule has 0 radical (unpaired) electrons. The van der Waals surface area contributed by atoms with Crippen molar-refractivity contribution in [3.05, 3.63) is 77.7 Å². The summed E-state index contributed by atoms with van der Waals surface area (Å²) in [7, 11) is 0. The van der Waals surface area contributed by atoms with Crippen molar-refractivity contribution in [2.45, 2.75) is 19.1 Å². The fourth-order valence-corrected chi connectivity index (χ4v) is 3.15. The number of para-hydroxylation sites is 1. The third-order valence-corrected chi connectivity index (χ3v) is 4.55. The smallest absolute Gasteiger partial charge is 0.226 e. The number of nitrogens with zero attached hydrogens (tertiary/aromatic N) is 4. The molecule has 2 aromatic heterocycles. The summed E-state index contributed by atoms with van der Waals surface area (Å²) in [6, 6.07) is 18.9. The zero-order chi connectivity index (χ0) is 18.8. The Kier molecular flexibility index (Phi) is 4.75. The SMILES string of the molecule is C[C@@H](Nc1nc(Cl)nc2c1cnn2-c1ccccc1)[C@@H](O)c1ccccc1. The van der Waals surface area contributed by atoms with Gasteiger partial charge in [0, 0.05) is 0 Å². The molecule has 0 amide bonds. The number of nitrogens with one attached hydrogen (secondary N) is 1. The molecule has 4 rings (SSSR count). The Balaban J connectivity index is 1.69. The molecule has 6 nitrogen and oxygen atoms in total. The van der Waals surface area contributed by atoms with Gasteiger partial charge in [0.05, 0.1) is 29.4 Å². The lowest BCUT2D eigenvalue weighted by molar-refractivity contribution is 0.160. The van der Waals surface area contributed by atoms with Crippen LogP contribution in [0.25, 0.3) is 16.7 Å². The second-order valence-corrected chi connectivity index (χ2v) is 6.60. The van der Waals surface area contributed by atoms with Crippen molar-refractivity contribution in [2.24, 2.45) is 0 Å². The first-order valence-corrected chi connectivity index (χ1v) is 8.97. The molecule has 2 atom stereocenters. The molecule has 0 aliphatic rings. The summed E-state index contributed by atoms with van der Waals surface area (Å²) in [6.45, 7) is 1.89. The number of rotatable bonds is 5. The molecule has 4 aromatic rings. The van der Waals surface area contributed by atoms with Crippen LogP contribution in [0.1, 0.15) is 18.6 Å². The molecular weight excluding hydrogens is 362 g/mol. The highest BCUT2D eigenvalue weighted by Crippen LogP contribution is 2.27. The molecule has 0 aliphatic carbocycles. The third-order valence-electron chi connectivity index (χ3n) is 4.38. The lowest BCUT2D eigenvalue weighted by Crippen LogP contribution is -2.24. The van der Waals surface area contributed by atoms with Crippen LogP contribution in [0.5, 0.6) is 0 Å². The number of fused-ring (bicyclic) bond motifs is 1. The number of hydrogen-bond acceptors (Lipinski definition) is 5. The van der Waals surface area contributed by atoms with E-state index in [0.29, 0.717) is 11.5 Å². The van der Waals surface area contributed by atoms with Crippen LogP contribution in [-0.2, 0) is 0 Å². The minimum absolute atomic E-state index is 0.115. The maximum Gasteiger partial charge on any atom is 0.226 e. The summed E-state index contributed by atoms with van der Waals surface area (Å²) in [5.74, 6) is 0.537. The number of aromatic nitrogens is 4.